The van der Waals surface area contributed by atoms with Gasteiger partial charge in [0, 0.05) is 24.8 Å². The number of hydroxylamine groups is 1. The summed E-state index contributed by atoms with van der Waals surface area (Å²) in [6, 6.07) is 4.53. The zero-order chi connectivity index (χ0) is 16.8. The van der Waals surface area contributed by atoms with Gasteiger partial charge in [-0.3, -0.25) is 10.0 Å². The molecule has 0 aromatic heterocycles. The molecule has 0 spiro atoms. The molecule has 0 aliphatic carbocycles. The number of hydrogen-bond acceptors (Lipinski definition) is 5. The van der Waals surface area contributed by atoms with Crippen molar-refractivity contribution < 1.29 is 24.3 Å². The third kappa shape index (κ3) is 4.11. The van der Waals surface area contributed by atoms with E-state index in [1.165, 1.54) is 0 Å². The van der Waals surface area contributed by atoms with Crippen LogP contribution in [0.4, 0.5) is 4.79 Å². The highest BCUT2D eigenvalue weighted by molar-refractivity contribution is 5.93. The second-order valence-corrected chi connectivity index (χ2v) is 5.28. The van der Waals surface area contributed by atoms with Gasteiger partial charge in [-0.15, -0.1) is 0 Å². The Morgan fingerprint density at radius 3 is 2.96 bits per heavy atom. The summed E-state index contributed by atoms with van der Waals surface area (Å²) in [4.78, 5) is 25.4. The fourth-order valence-corrected chi connectivity index (χ4v) is 2.30. The van der Waals surface area contributed by atoms with Crippen LogP contribution >= 0.6 is 0 Å². The number of methoxy groups -OCH3 is 1. The van der Waals surface area contributed by atoms with Crippen molar-refractivity contribution in [2.45, 2.75) is 19.5 Å². The summed E-state index contributed by atoms with van der Waals surface area (Å²) in [6.07, 6.45) is 0. The molecule has 0 radical (unpaired) electrons. The van der Waals surface area contributed by atoms with Gasteiger partial charge in [0.05, 0.1) is 19.2 Å². The lowest BCUT2D eigenvalue weighted by molar-refractivity contribution is 0.0706. The van der Waals surface area contributed by atoms with E-state index in [-0.39, 0.29) is 17.6 Å². The number of amides is 3. The lowest BCUT2D eigenvalue weighted by Gasteiger charge is -2.26. The Kier molecular flexibility index (Phi) is 5.78. The van der Waals surface area contributed by atoms with Crippen molar-refractivity contribution in [3.63, 3.8) is 0 Å². The number of rotatable bonds is 4. The van der Waals surface area contributed by atoms with Crippen molar-refractivity contribution in [3.8, 4) is 5.75 Å². The van der Waals surface area contributed by atoms with E-state index in [0.717, 1.165) is 5.56 Å². The first-order valence-electron chi connectivity index (χ1n) is 7.30. The van der Waals surface area contributed by atoms with Crippen LogP contribution in [0.15, 0.2) is 18.2 Å². The molecule has 23 heavy (non-hydrogen) atoms. The van der Waals surface area contributed by atoms with Crippen LogP contribution in [0.3, 0.4) is 0 Å². The number of benzene rings is 1. The van der Waals surface area contributed by atoms with Crippen LogP contribution in [-0.4, -0.2) is 55.0 Å². The second-order valence-electron chi connectivity index (χ2n) is 5.28. The van der Waals surface area contributed by atoms with Gasteiger partial charge >= 0.3 is 6.03 Å². The van der Waals surface area contributed by atoms with Gasteiger partial charge in [-0.25, -0.2) is 10.3 Å². The Morgan fingerprint density at radius 2 is 2.26 bits per heavy atom. The highest BCUT2D eigenvalue weighted by Gasteiger charge is 2.26. The summed E-state index contributed by atoms with van der Waals surface area (Å²) in [6.45, 7) is 3.46. The quantitative estimate of drug-likeness (QED) is 0.431. The minimum atomic E-state index is -0.608. The van der Waals surface area contributed by atoms with E-state index in [0.29, 0.717) is 32.1 Å². The molecule has 0 unspecified atom stereocenters. The molecule has 3 amide bonds. The summed E-state index contributed by atoms with van der Waals surface area (Å²) in [5, 5.41) is 11.5. The van der Waals surface area contributed by atoms with Crippen molar-refractivity contribution in [3.05, 3.63) is 29.3 Å². The summed E-state index contributed by atoms with van der Waals surface area (Å²) >= 11 is 0. The van der Waals surface area contributed by atoms with Crippen LogP contribution in [0.1, 0.15) is 22.8 Å². The van der Waals surface area contributed by atoms with Crippen LogP contribution in [0.5, 0.6) is 5.75 Å². The topological polar surface area (TPSA) is 100 Å². The smallest absolute Gasteiger partial charge is 0.318 e. The van der Waals surface area contributed by atoms with Gasteiger partial charge in [-0.05, 0) is 19.1 Å². The number of ether oxygens (including phenoxy) is 2. The first-order chi connectivity index (χ1) is 11.1. The van der Waals surface area contributed by atoms with Gasteiger partial charge < -0.3 is 19.7 Å². The van der Waals surface area contributed by atoms with Gasteiger partial charge in [0.25, 0.3) is 5.91 Å². The van der Waals surface area contributed by atoms with E-state index < -0.39 is 5.91 Å². The van der Waals surface area contributed by atoms with Crippen molar-refractivity contribution in [1.29, 1.82) is 0 Å². The number of hydrogen-bond donors (Lipinski definition) is 3. The molecule has 0 bridgehead atoms. The largest absolute Gasteiger partial charge is 0.491 e. The maximum absolute atomic E-state index is 12.3. The summed E-state index contributed by atoms with van der Waals surface area (Å²) < 4.78 is 10.6. The van der Waals surface area contributed by atoms with Gasteiger partial charge in [-0.1, -0.05) is 6.07 Å². The number of nitrogens with one attached hydrogen (secondary N) is 2. The fourth-order valence-electron chi connectivity index (χ4n) is 2.30. The van der Waals surface area contributed by atoms with E-state index in [4.69, 9.17) is 14.7 Å². The minimum absolute atomic E-state index is 0.125. The van der Waals surface area contributed by atoms with Crippen molar-refractivity contribution in [2.75, 3.05) is 26.9 Å². The van der Waals surface area contributed by atoms with Crippen LogP contribution in [0, 0.1) is 0 Å². The second kappa shape index (κ2) is 7.80. The standard InChI is InChI=1S/C15H21N3O5/c1-10-9-23-13-7-11(14(19)17-21)3-4-12(13)8-18(10)15(20)16-5-6-22-2/h3-4,7,10,21H,5-6,8-9H2,1-2H3,(H,16,20)(H,17,19)/t10-/m0/s1. The molecule has 1 aromatic rings. The van der Waals surface area contributed by atoms with Crippen molar-refractivity contribution in [1.82, 2.24) is 15.7 Å². The lowest BCUT2D eigenvalue weighted by Crippen LogP contribution is -2.46. The molecular formula is C15H21N3O5. The number of carbonyl (C=O) groups is 2. The molecule has 0 saturated heterocycles. The molecular weight excluding hydrogens is 302 g/mol. The number of fused-ring (bicyclic) bond motifs is 1. The molecule has 1 atom stereocenters. The molecule has 1 aromatic carbocycles. The molecule has 1 aliphatic rings. The van der Waals surface area contributed by atoms with Crippen LogP contribution in [-0.2, 0) is 11.3 Å². The highest BCUT2D eigenvalue weighted by Crippen LogP contribution is 2.26. The molecule has 3 N–H and O–H groups in total. The molecule has 0 fully saturated rings. The zero-order valence-electron chi connectivity index (χ0n) is 13.2. The van der Waals surface area contributed by atoms with Gasteiger partial charge in [0.15, 0.2) is 0 Å². The lowest BCUT2D eigenvalue weighted by atomic mass is 10.1. The summed E-state index contributed by atoms with van der Waals surface area (Å²) in [7, 11) is 1.57. The van der Waals surface area contributed by atoms with Gasteiger partial charge in [-0.2, -0.15) is 0 Å². The Bertz CT molecular complexity index is 578. The Morgan fingerprint density at radius 1 is 1.48 bits per heavy atom. The van der Waals surface area contributed by atoms with Crippen LogP contribution in [0.25, 0.3) is 0 Å². The first-order valence-corrected chi connectivity index (χ1v) is 7.30. The van der Waals surface area contributed by atoms with Gasteiger partial charge in [0.1, 0.15) is 12.4 Å². The van der Waals surface area contributed by atoms with Gasteiger partial charge in [0.2, 0.25) is 0 Å². The molecule has 126 valence electrons. The van der Waals surface area contributed by atoms with Crippen molar-refractivity contribution in [2.24, 2.45) is 0 Å². The SMILES string of the molecule is COCCNC(=O)N1Cc2ccc(C(=O)NO)cc2OC[C@@H]1C. The Balaban J connectivity index is 2.14. The number of urea groups is 1. The molecule has 1 aliphatic heterocycles. The fraction of sp³-hybridized carbons (Fsp3) is 0.467. The maximum atomic E-state index is 12.3. The summed E-state index contributed by atoms with van der Waals surface area (Å²) in [5.41, 5.74) is 2.67. The van der Waals surface area contributed by atoms with E-state index >= 15 is 0 Å². The Labute approximate surface area is 134 Å². The zero-order valence-corrected chi connectivity index (χ0v) is 13.2. The van der Waals surface area contributed by atoms with E-state index in [1.54, 1.807) is 35.7 Å². The average Bonchev–Trinajstić information content (AvgIpc) is 2.73. The number of carbonyl (C=O) groups excluding carboxylic acids is 2. The molecule has 1 heterocycles. The number of nitrogens with zero attached hydrogens (tertiary/aromatic N) is 1. The normalized spacial score (nSPS) is 16.8. The monoisotopic (exact) mass is 323 g/mol. The Hall–Kier alpha value is -2.32. The minimum Gasteiger partial charge on any atom is -0.491 e. The third-order valence-corrected chi connectivity index (χ3v) is 3.63. The molecule has 0 saturated carbocycles. The summed E-state index contributed by atoms with van der Waals surface area (Å²) in [5.74, 6) is -0.0759. The average molecular weight is 323 g/mol. The molecule has 2 rings (SSSR count). The molecule has 8 nitrogen and oxygen atoms in total. The molecule has 8 heteroatoms. The maximum Gasteiger partial charge on any atom is 0.318 e. The highest BCUT2D eigenvalue weighted by atomic mass is 16.5. The van der Waals surface area contributed by atoms with Crippen LogP contribution < -0.4 is 15.5 Å². The van der Waals surface area contributed by atoms with E-state index in [9.17, 15) is 9.59 Å². The van der Waals surface area contributed by atoms with Crippen LogP contribution in [0.2, 0.25) is 0 Å². The first kappa shape index (κ1) is 17.0. The predicted octanol–water partition coefficient (Wildman–Crippen LogP) is 0.744. The van der Waals surface area contributed by atoms with E-state index in [2.05, 4.69) is 5.32 Å². The van der Waals surface area contributed by atoms with E-state index in [1.807, 2.05) is 6.92 Å². The third-order valence-electron chi connectivity index (χ3n) is 3.63. The van der Waals surface area contributed by atoms with Crippen molar-refractivity contribution >= 4 is 11.9 Å². The predicted molar refractivity (Wildman–Crippen MR) is 81.5 cm³/mol.